The average molecular weight is 2520 g/mol. The number of terminal acetylenes is 1. The van der Waals surface area contributed by atoms with Gasteiger partial charge in [0.1, 0.15) is 21.2 Å². The summed E-state index contributed by atoms with van der Waals surface area (Å²) in [6, 6.07) is 56.6. The number of hydrogen-bond acceptors (Lipinski definition) is 13. The Morgan fingerprint density at radius 1 is 0.479 bits per heavy atom. The van der Waals surface area contributed by atoms with E-state index in [1.807, 2.05) is 147 Å². The van der Waals surface area contributed by atoms with Gasteiger partial charge in [0.15, 0.2) is 16.3 Å². The zero-order valence-electron chi connectivity index (χ0n) is 65.2. The molecule has 3 aromatic heterocycles. The molecule has 0 amide bonds. The van der Waals surface area contributed by atoms with Gasteiger partial charge in [-0.1, -0.05) is 195 Å². The summed E-state index contributed by atoms with van der Waals surface area (Å²) < 4.78 is 18.4. The SMILES string of the molecule is C#C[Si](C(C)C)(C(C)C)C(C)C.CCOC(=O)CI.CCOC(=O)Cn1c2ccccc2c(=O)c2ccc(Cl)c(I)c21.Nc1cccc(Cl)c1I.O=C(O)Cn1c2ccccc2c(=O)c2ccc(Cl)c(I)c21.O=C(O)c1ccccc1I.O=C(O)c1ccccc1Nc1cccc(Cl)c1I.O=c1c2ccccc2[nH]c2c(I)c(Cl)ccc12.[Na+].[OH-]. The molecule has 13 rings (SSSR count). The number of alkyl halides is 1. The number of nitrogens with zero attached hydrogens (tertiary/aromatic N) is 2. The number of aromatic amines is 1. The van der Waals surface area contributed by atoms with E-state index in [-0.39, 0.29) is 81.9 Å². The van der Waals surface area contributed by atoms with Crippen LogP contribution in [0.4, 0.5) is 17.1 Å². The molecule has 0 atom stereocenters. The second kappa shape index (κ2) is 51.3. The molecule has 19 nitrogen and oxygen atoms in total. The van der Waals surface area contributed by atoms with Crippen molar-refractivity contribution in [1.29, 1.82) is 0 Å². The van der Waals surface area contributed by atoms with Gasteiger partial charge in [-0.05, 0) is 287 Å². The molecule has 119 heavy (non-hydrogen) atoms. The van der Waals surface area contributed by atoms with Crippen LogP contribution in [0.2, 0.25) is 41.7 Å². The molecule has 0 aliphatic rings. The molecule has 0 spiro atoms. The second-order valence-corrected chi connectivity index (χ2v) is 40.8. The number of H-pyrrole nitrogens is 1. The molecule has 620 valence electrons. The molecule has 0 unspecified atom stereocenters. The number of carboxylic acids is 3. The number of aliphatic carboxylic acids is 1. The van der Waals surface area contributed by atoms with Crippen molar-refractivity contribution in [3.8, 4) is 12.0 Å². The third kappa shape index (κ3) is 28.2. The zero-order chi connectivity index (χ0) is 86.9. The van der Waals surface area contributed by atoms with Crippen molar-refractivity contribution in [1.82, 2.24) is 14.1 Å². The van der Waals surface area contributed by atoms with Gasteiger partial charge in [0, 0.05) is 47.1 Å². The zero-order valence-corrected chi connectivity index (χ0v) is 87.1. The van der Waals surface area contributed by atoms with E-state index in [0.717, 1.165) is 45.3 Å². The molecule has 3 heterocycles. The van der Waals surface area contributed by atoms with E-state index < -0.39 is 26.0 Å². The fourth-order valence-corrected chi connectivity index (χ4v) is 22.1. The van der Waals surface area contributed by atoms with E-state index in [9.17, 15) is 43.5 Å². The fourth-order valence-electron chi connectivity index (χ4n) is 12.4. The Labute approximate surface area is 831 Å². The number of fused-ring (bicyclic) bond motifs is 6. The predicted molar refractivity (Wildman–Crippen MR) is 544 cm³/mol. The van der Waals surface area contributed by atoms with Gasteiger partial charge in [0.25, 0.3) is 0 Å². The van der Waals surface area contributed by atoms with Crippen molar-refractivity contribution < 1.29 is 83.8 Å². The number of esters is 2. The smallest absolute Gasteiger partial charge is 0.870 e. The summed E-state index contributed by atoms with van der Waals surface area (Å²) in [4.78, 5) is 95.8. The van der Waals surface area contributed by atoms with Crippen molar-refractivity contribution in [2.75, 3.05) is 28.7 Å². The second-order valence-electron chi connectivity index (χ2n) is 25.8. The van der Waals surface area contributed by atoms with Gasteiger partial charge in [0.2, 0.25) is 0 Å². The van der Waals surface area contributed by atoms with E-state index in [4.69, 9.17) is 85.1 Å². The van der Waals surface area contributed by atoms with E-state index in [0.29, 0.717) is 124 Å². The van der Waals surface area contributed by atoms with E-state index in [1.54, 1.807) is 138 Å². The summed E-state index contributed by atoms with van der Waals surface area (Å²) >= 11 is 44.6. The van der Waals surface area contributed by atoms with Crippen LogP contribution in [0.15, 0.2) is 209 Å². The summed E-state index contributed by atoms with van der Waals surface area (Å²) in [5.74, 6) is -3.29. The number of carboxylic acid groups (broad SMARTS) is 3. The molecule has 0 aliphatic heterocycles. The maximum atomic E-state index is 12.7. The van der Waals surface area contributed by atoms with Crippen molar-refractivity contribution in [2.45, 2.75) is 85.1 Å². The third-order valence-corrected chi connectivity index (χ3v) is 34.3. The third-order valence-electron chi connectivity index (χ3n) is 17.7. The summed E-state index contributed by atoms with van der Waals surface area (Å²) in [5.41, 5.74) is 17.5. The number of carbonyl (C=O) groups excluding carboxylic acids is 2. The number of nitrogen functional groups attached to an aromatic ring is 1. The number of nitrogens with two attached hydrogens (primary N) is 1. The molecule has 0 radical (unpaired) electrons. The summed E-state index contributed by atoms with van der Waals surface area (Å²) in [6.07, 6.45) is 5.72. The molecule has 33 heteroatoms. The first-order valence-electron chi connectivity index (χ1n) is 35.4. The number of halogens is 12. The average Bonchev–Trinajstić information content (AvgIpc) is 0.754. The van der Waals surface area contributed by atoms with E-state index >= 15 is 0 Å². The minimum atomic E-state index is -1.47. The van der Waals surface area contributed by atoms with Crippen molar-refractivity contribution in [2.24, 2.45) is 0 Å². The van der Waals surface area contributed by atoms with Gasteiger partial charge >= 0.3 is 59.4 Å². The van der Waals surface area contributed by atoms with Crippen LogP contribution in [0.3, 0.4) is 0 Å². The van der Waals surface area contributed by atoms with Crippen LogP contribution < -0.4 is 56.9 Å². The Balaban J connectivity index is 0.000000293. The van der Waals surface area contributed by atoms with Crippen LogP contribution in [0, 0.1) is 33.4 Å². The van der Waals surface area contributed by atoms with Crippen LogP contribution in [-0.4, -0.2) is 90.5 Å². The minimum absolute atomic E-state index is 0. The van der Waals surface area contributed by atoms with Gasteiger partial charge in [-0.25, -0.2) is 9.59 Å². The van der Waals surface area contributed by atoms with E-state index in [1.165, 1.54) is 0 Å². The topological polar surface area (TPSA) is 309 Å². The first kappa shape index (κ1) is 106. The number of carbonyl (C=O) groups is 5. The quantitative estimate of drug-likeness (QED) is 0.0112. The number of aromatic nitrogens is 3. The number of para-hydroxylation sites is 4. The molecule has 0 saturated carbocycles. The van der Waals surface area contributed by atoms with Gasteiger partial charge in [0.05, 0.1) is 111 Å². The number of ether oxygens (including phenoxy) is 2. The Morgan fingerprint density at radius 2 is 0.874 bits per heavy atom. The van der Waals surface area contributed by atoms with Gasteiger partial charge in [-0.15, -0.1) is 12.0 Å². The number of hydrogen-bond donors (Lipinski definition) is 6. The number of rotatable bonds is 14. The number of benzene rings is 10. The maximum absolute atomic E-state index is 12.7. The molecule has 0 aliphatic carbocycles. The van der Waals surface area contributed by atoms with Crippen LogP contribution >= 0.6 is 216 Å². The Morgan fingerprint density at radius 3 is 1.30 bits per heavy atom. The van der Waals surface area contributed by atoms with Crippen LogP contribution in [0.5, 0.6) is 0 Å². The normalized spacial score (nSPS) is 10.5. The number of pyridine rings is 3. The van der Waals surface area contributed by atoms with Crippen molar-refractivity contribution in [3.63, 3.8) is 0 Å². The van der Waals surface area contributed by atoms with Crippen molar-refractivity contribution >= 4 is 337 Å². The first-order valence-corrected chi connectivity index (χ1v) is 47.5. The van der Waals surface area contributed by atoms with Gasteiger partial charge in [-0.2, -0.15) is 0 Å². The Hall–Kier alpha value is -5.14. The van der Waals surface area contributed by atoms with Gasteiger partial charge in [-0.3, -0.25) is 28.8 Å². The standard InChI is InChI=1S/C17H13ClINO3.C15H9ClINO3.C13H9ClINO2.C13H7ClINO.C11H22Si.C7H5IO2.C6H5ClIN.C4H7IO2.Na.H2O/c1-2-23-14(21)9-20-13-6-4-3-5-10(13)17(22)11-7-8-12(18)15(19)16(11)20;16-10-6-5-9-14(13(10)17)18(7-12(19)20)11-4-2-1-3-8(11)15(9)21;14-9-5-3-7-11(12(9)15)16-10-6-2-1-4-8(10)13(17)18;14-9-6-5-8-12(11(9)15)16-10-4-2-1-3-7(10)13(8)17;1-8-12(9(2)3,10(4)5)11(6)7;8-6-4-2-1-3-5(6)7(9)10;7-4-2-1-3-5(9)6(4)8;1-2-7-4(6)3-5;;/h3-8H,2,9H2,1H3;1-6H,7H2,(H,19,20);1-7,16H,(H,17,18);1-6H,(H,16,17);1,9-11H,2-7H3;1-4H,(H,9,10);1-3H,9H2;2-3H2,1H3;;1H2/q;;;;;;;;+1;/p-1. The number of anilines is 3. The summed E-state index contributed by atoms with van der Waals surface area (Å²) in [7, 11) is -1.47. The molecule has 13 aromatic rings. The Kier molecular flexibility index (Phi) is 45.8. The maximum Gasteiger partial charge on any atom is 1.00 e. The molecular formula is C86H78Cl5I7N5NaO14Si. The monoisotopic (exact) mass is 2520 g/mol. The van der Waals surface area contributed by atoms with Crippen LogP contribution in [0.1, 0.15) is 76.1 Å². The van der Waals surface area contributed by atoms with Crippen LogP contribution in [0.25, 0.3) is 65.4 Å². The van der Waals surface area contributed by atoms with E-state index in [2.05, 4.69) is 152 Å². The number of nitrogens with one attached hydrogen (secondary N) is 2. The fraction of sp³-hybridized carbons (Fsp3) is 0.186. The predicted octanol–water partition coefficient (Wildman–Crippen LogP) is 22.0. The molecule has 0 saturated heterocycles. The summed E-state index contributed by atoms with van der Waals surface area (Å²) in [6.45, 7) is 17.9. The van der Waals surface area contributed by atoms with Crippen LogP contribution in [-0.2, 0) is 36.9 Å². The summed E-state index contributed by atoms with van der Waals surface area (Å²) in [5, 5.41) is 36.5. The number of aromatic carboxylic acids is 2. The Bertz CT molecular complexity index is 6020. The molecule has 8 N–H and O–H groups in total. The minimum Gasteiger partial charge on any atom is -0.870 e. The van der Waals surface area contributed by atoms with Crippen molar-refractivity contribution in [3.05, 3.63) is 282 Å². The molecule has 0 bridgehead atoms. The largest absolute Gasteiger partial charge is 1.00 e. The van der Waals surface area contributed by atoms with Gasteiger partial charge < -0.3 is 55.4 Å². The molecule has 0 fully saturated rings. The first-order chi connectivity index (χ1) is 55.4. The molecular weight excluding hydrogens is 2440 g/mol. The molecule has 10 aromatic carbocycles.